The summed E-state index contributed by atoms with van der Waals surface area (Å²) in [6.07, 6.45) is 2.08. The number of carbonyl (C=O) groups is 1. The molecule has 130 valence electrons. The number of rotatable bonds is 10. The van der Waals surface area contributed by atoms with Gasteiger partial charge in [-0.2, -0.15) is 0 Å². The molecule has 1 atom stereocenters. The Hall–Kier alpha value is -0.0851. The third-order valence-corrected chi connectivity index (χ3v) is 2.88. The van der Waals surface area contributed by atoms with Crippen LogP contribution in [0.4, 0.5) is 0 Å². The third kappa shape index (κ3) is 14.6. The second-order valence-corrected chi connectivity index (χ2v) is 5.05. The van der Waals surface area contributed by atoms with Crippen LogP contribution in [-0.4, -0.2) is 51.8 Å². The van der Waals surface area contributed by atoms with Gasteiger partial charge in [0.05, 0.1) is 0 Å². The second-order valence-electron chi connectivity index (χ2n) is 5.05. The fourth-order valence-corrected chi connectivity index (χ4v) is 1.69. The van der Waals surface area contributed by atoms with E-state index in [4.69, 9.17) is 20.9 Å². The van der Waals surface area contributed by atoms with Gasteiger partial charge < -0.3 is 31.7 Å². The van der Waals surface area contributed by atoms with Crippen LogP contribution in [-0.2, 0) is 4.79 Å². The van der Waals surface area contributed by atoms with Crippen molar-refractivity contribution in [2.45, 2.75) is 57.4 Å². The maximum absolute atomic E-state index is 11.2. The summed E-state index contributed by atoms with van der Waals surface area (Å²) in [5, 5.41) is 29.7. The predicted octanol–water partition coefficient (Wildman–Crippen LogP) is -0.181. The van der Waals surface area contributed by atoms with Crippen molar-refractivity contribution in [1.82, 2.24) is 5.32 Å². The van der Waals surface area contributed by atoms with Crippen LogP contribution in [0.1, 0.15) is 39.5 Å². The van der Waals surface area contributed by atoms with Crippen LogP contribution in [0.2, 0.25) is 6.32 Å². The van der Waals surface area contributed by atoms with Gasteiger partial charge in [0.25, 0.3) is 0 Å². The SMILES string of the molecule is CC(C)NCCC(N)(CCCCB(O)O)C(=O)O.Cl.Cl.O. The van der Waals surface area contributed by atoms with Crippen molar-refractivity contribution < 1.29 is 25.4 Å². The summed E-state index contributed by atoms with van der Waals surface area (Å²) in [6, 6.07) is 0.299. The summed E-state index contributed by atoms with van der Waals surface area (Å²) in [5.41, 5.74) is 4.65. The van der Waals surface area contributed by atoms with E-state index in [9.17, 15) is 4.79 Å². The van der Waals surface area contributed by atoms with E-state index in [1.165, 1.54) is 0 Å². The lowest BCUT2D eigenvalue weighted by molar-refractivity contribution is -0.144. The molecule has 0 aliphatic carbocycles. The highest BCUT2D eigenvalue weighted by Crippen LogP contribution is 2.17. The van der Waals surface area contributed by atoms with Crippen molar-refractivity contribution in [3.63, 3.8) is 0 Å². The van der Waals surface area contributed by atoms with E-state index in [0.717, 1.165) is 0 Å². The molecule has 0 aromatic heterocycles. The van der Waals surface area contributed by atoms with Crippen molar-refractivity contribution in [2.75, 3.05) is 6.54 Å². The molecule has 0 saturated carbocycles. The smallest absolute Gasteiger partial charge is 0.451 e. The zero-order chi connectivity index (χ0) is 14.2. The maximum Gasteiger partial charge on any atom is 0.451 e. The van der Waals surface area contributed by atoms with E-state index in [1.807, 2.05) is 13.8 Å². The lowest BCUT2D eigenvalue weighted by atomic mass is 9.81. The molecule has 0 aromatic carbocycles. The summed E-state index contributed by atoms with van der Waals surface area (Å²) in [5.74, 6) is -1.00. The molecule has 0 amide bonds. The summed E-state index contributed by atoms with van der Waals surface area (Å²) >= 11 is 0. The fourth-order valence-electron chi connectivity index (χ4n) is 1.69. The highest BCUT2D eigenvalue weighted by atomic mass is 35.5. The number of carboxylic acid groups (broad SMARTS) is 1. The largest absolute Gasteiger partial charge is 0.480 e. The molecule has 0 aromatic rings. The van der Waals surface area contributed by atoms with Crippen molar-refractivity contribution in [1.29, 1.82) is 0 Å². The minimum atomic E-state index is -1.33. The van der Waals surface area contributed by atoms with Gasteiger partial charge >= 0.3 is 13.1 Å². The van der Waals surface area contributed by atoms with Crippen molar-refractivity contribution in [3.05, 3.63) is 0 Å². The average molecular weight is 351 g/mol. The molecule has 21 heavy (non-hydrogen) atoms. The number of hydrogen-bond acceptors (Lipinski definition) is 5. The minimum Gasteiger partial charge on any atom is -0.480 e. The minimum absolute atomic E-state index is 0. The fraction of sp³-hybridized carbons (Fsp3) is 0.909. The number of aliphatic carboxylic acids is 1. The van der Waals surface area contributed by atoms with Crippen molar-refractivity contribution in [2.24, 2.45) is 5.73 Å². The van der Waals surface area contributed by atoms with Crippen LogP contribution < -0.4 is 11.1 Å². The Labute approximate surface area is 139 Å². The molecule has 0 fully saturated rings. The molecule has 0 aliphatic heterocycles. The van der Waals surface area contributed by atoms with Crippen molar-refractivity contribution >= 4 is 37.9 Å². The normalized spacial score (nSPS) is 12.5. The van der Waals surface area contributed by atoms with Crippen molar-refractivity contribution in [3.8, 4) is 0 Å². The Morgan fingerprint density at radius 2 is 1.76 bits per heavy atom. The number of hydrogen-bond donors (Lipinski definition) is 5. The number of nitrogens with two attached hydrogens (primary N) is 1. The van der Waals surface area contributed by atoms with Gasteiger partial charge in [0.1, 0.15) is 5.54 Å². The maximum atomic E-state index is 11.2. The summed E-state index contributed by atoms with van der Waals surface area (Å²) in [7, 11) is -1.33. The van der Waals surface area contributed by atoms with Gasteiger partial charge in [-0.3, -0.25) is 4.79 Å². The molecule has 1 unspecified atom stereocenters. The van der Waals surface area contributed by atoms with Gasteiger partial charge in [-0.1, -0.05) is 26.7 Å². The molecular formula is C11H29BCl2N2O5. The van der Waals surface area contributed by atoms with Gasteiger partial charge in [-0.15, -0.1) is 24.8 Å². The molecule has 0 saturated heterocycles. The van der Waals surface area contributed by atoms with E-state index >= 15 is 0 Å². The lowest BCUT2D eigenvalue weighted by Crippen LogP contribution is -2.50. The van der Waals surface area contributed by atoms with Gasteiger partial charge in [-0.05, 0) is 25.7 Å². The monoisotopic (exact) mass is 350 g/mol. The number of halogens is 2. The molecular weight excluding hydrogens is 322 g/mol. The quantitative estimate of drug-likeness (QED) is 0.272. The molecule has 0 aliphatic rings. The van der Waals surface area contributed by atoms with Crippen LogP contribution in [0.15, 0.2) is 0 Å². The summed E-state index contributed by atoms with van der Waals surface area (Å²) < 4.78 is 0. The average Bonchev–Trinajstić information content (AvgIpc) is 2.23. The Morgan fingerprint density at radius 1 is 1.24 bits per heavy atom. The number of unbranched alkanes of at least 4 members (excludes halogenated alkanes) is 1. The molecule has 0 heterocycles. The highest BCUT2D eigenvalue weighted by molar-refractivity contribution is 6.40. The Balaban J connectivity index is -0.000000482. The van der Waals surface area contributed by atoms with E-state index < -0.39 is 18.6 Å². The molecule has 0 rings (SSSR count). The van der Waals surface area contributed by atoms with Crippen LogP contribution in [0.3, 0.4) is 0 Å². The van der Waals surface area contributed by atoms with Crippen LogP contribution in [0.25, 0.3) is 0 Å². The standard InChI is InChI=1S/C11H25BN2O4.2ClH.H2O/c1-9(2)14-8-6-11(13,10(15)16)5-3-4-7-12(17)18;;;/h9,14,17-18H,3-8,13H2,1-2H3,(H,15,16);2*1H;1H2. The first-order valence-corrected chi connectivity index (χ1v) is 6.40. The molecule has 10 heteroatoms. The van der Waals surface area contributed by atoms with E-state index in [-0.39, 0.29) is 36.6 Å². The number of nitrogens with one attached hydrogen (secondary N) is 1. The zero-order valence-electron chi connectivity index (χ0n) is 12.5. The Morgan fingerprint density at radius 3 is 2.14 bits per heavy atom. The molecule has 0 bridgehead atoms. The van der Waals surface area contributed by atoms with Gasteiger partial charge in [0, 0.05) is 6.04 Å². The second kappa shape index (κ2) is 14.8. The van der Waals surface area contributed by atoms with Crippen LogP contribution in [0.5, 0.6) is 0 Å². The van der Waals surface area contributed by atoms with E-state index in [2.05, 4.69) is 5.32 Å². The molecule has 8 N–H and O–H groups in total. The first-order chi connectivity index (χ1) is 8.28. The Bertz CT molecular complexity index is 263. The molecule has 0 spiro atoms. The van der Waals surface area contributed by atoms with Gasteiger partial charge in [0.2, 0.25) is 0 Å². The zero-order valence-corrected chi connectivity index (χ0v) is 14.2. The number of carboxylic acids is 1. The third-order valence-electron chi connectivity index (χ3n) is 2.88. The van der Waals surface area contributed by atoms with Gasteiger partial charge in [0.15, 0.2) is 0 Å². The Kier molecular flexibility index (Phi) is 20.5. The summed E-state index contributed by atoms with van der Waals surface area (Å²) in [4.78, 5) is 11.2. The van der Waals surface area contributed by atoms with Gasteiger partial charge in [-0.25, -0.2) is 0 Å². The predicted molar refractivity (Wildman–Crippen MR) is 89.3 cm³/mol. The summed E-state index contributed by atoms with van der Waals surface area (Å²) in [6.45, 7) is 4.53. The topological polar surface area (TPSA) is 147 Å². The van der Waals surface area contributed by atoms with E-state index in [1.54, 1.807) is 0 Å². The van der Waals surface area contributed by atoms with Crippen LogP contribution in [0, 0.1) is 0 Å². The first-order valence-electron chi connectivity index (χ1n) is 6.40. The van der Waals surface area contributed by atoms with E-state index in [0.29, 0.717) is 38.3 Å². The lowest BCUT2D eigenvalue weighted by Gasteiger charge is -2.25. The molecule has 7 nitrogen and oxygen atoms in total. The first kappa shape index (κ1) is 29.0. The van der Waals surface area contributed by atoms with Crippen LogP contribution >= 0.6 is 24.8 Å². The highest BCUT2D eigenvalue weighted by Gasteiger charge is 2.32. The molecule has 0 radical (unpaired) electrons.